The van der Waals surface area contributed by atoms with Crippen LogP contribution in [0.2, 0.25) is 0 Å². The Kier molecular flexibility index (Phi) is 2.06. The van der Waals surface area contributed by atoms with Crippen LogP contribution in [0, 0.1) is 11.3 Å². The van der Waals surface area contributed by atoms with Crippen LogP contribution in [0.25, 0.3) is 17.0 Å². The van der Waals surface area contributed by atoms with Gasteiger partial charge in [0.15, 0.2) is 0 Å². The SMILES string of the molecule is N#Cc1ccc(-c2ccnc3ncnn23)cc1. The van der Waals surface area contributed by atoms with E-state index in [2.05, 4.69) is 21.1 Å². The summed E-state index contributed by atoms with van der Waals surface area (Å²) >= 11 is 0. The first-order chi connectivity index (χ1) is 8.38. The van der Waals surface area contributed by atoms with Gasteiger partial charge in [-0.05, 0) is 18.2 Å². The molecule has 0 amide bonds. The number of hydrogen-bond donors (Lipinski definition) is 0. The van der Waals surface area contributed by atoms with Crippen LogP contribution in [-0.4, -0.2) is 19.6 Å². The van der Waals surface area contributed by atoms with Crippen LogP contribution in [0.4, 0.5) is 0 Å². The zero-order chi connectivity index (χ0) is 11.7. The molecule has 0 spiro atoms. The maximum Gasteiger partial charge on any atom is 0.252 e. The van der Waals surface area contributed by atoms with Gasteiger partial charge in [0.05, 0.1) is 17.3 Å². The zero-order valence-corrected chi connectivity index (χ0v) is 8.78. The lowest BCUT2D eigenvalue weighted by Crippen LogP contribution is -1.95. The minimum atomic E-state index is 0.562. The Balaban J connectivity index is 2.20. The van der Waals surface area contributed by atoms with Crippen molar-refractivity contribution in [1.29, 1.82) is 5.26 Å². The molecule has 17 heavy (non-hydrogen) atoms. The smallest absolute Gasteiger partial charge is 0.220 e. The van der Waals surface area contributed by atoms with Crippen LogP contribution in [0.1, 0.15) is 5.56 Å². The highest BCUT2D eigenvalue weighted by Gasteiger charge is 2.05. The van der Waals surface area contributed by atoms with Gasteiger partial charge in [-0.1, -0.05) is 12.1 Å². The normalized spacial score (nSPS) is 10.3. The number of fused-ring (bicyclic) bond motifs is 1. The van der Waals surface area contributed by atoms with E-state index >= 15 is 0 Å². The molecule has 0 fully saturated rings. The minimum absolute atomic E-state index is 0.562. The second kappa shape index (κ2) is 3.68. The predicted octanol–water partition coefficient (Wildman–Crippen LogP) is 1.66. The van der Waals surface area contributed by atoms with Crippen LogP contribution in [0.5, 0.6) is 0 Å². The molecule has 0 bridgehead atoms. The van der Waals surface area contributed by atoms with Gasteiger partial charge in [0, 0.05) is 11.8 Å². The molecule has 2 heterocycles. The van der Waals surface area contributed by atoms with Gasteiger partial charge in [-0.2, -0.15) is 19.9 Å². The summed E-state index contributed by atoms with van der Waals surface area (Å²) in [7, 11) is 0. The van der Waals surface area contributed by atoms with Crippen molar-refractivity contribution in [2.24, 2.45) is 0 Å². The van der Waals surface area contributed by atoms with Gasteiger partial charge in [0.2, 0.25) is 0 Å². The Morgan fingerprint density at radius 2 is 1.88 bits per heavy atom. The molecule has 0 saturated heterocycles. The van der Waals surface area contributed by atoms with Gasteiger partial charge in [-0.15, -0.1) is 0 Å². The Morgan fingerprint density at radius 3 is 2.65 bits per heavy atom. The van der Waals surface area contributed by atoms with Gasteiger partial charge >= 0.3 is 0 Å². The number of rotatable bonds is 1. The van der Waals surface area contributed by atoms with Gasteiger partial charge in [-0.3, -0.25) is 0 Å². The Morgan fingerprint density at radius 1 is 1.06 bits per heavy atom. The van der Waals surface area contributed by atoms with E-state index in [-0.39, 0.29) is 0 Å². The second-order valence-electron chi connectivity index (χ2n) is 3.49. The van der Waals surface area contributed by atoms with Crippen LogP contribution < -0.4 is 0 Å². The van der Waals surface area contributed by atoms with E-state index in [1.807, 2.05) is 18.2 Å². The Hall–Kier alpha value is -2.74. The number of nitrogens with zero attached hydrogens (tertiary/aromatic N) is 5. The highest BCUT2D eigenvalue weighted by Crippen LogP contribution is 2.18. The monoisotopic (exact) mass is 221 g/mol. The second-order valence-corrected chi connectivity index (χ2v) is 3.49. The van der Waals surface area contributed by atoms with Crippen molar-refractivity contribution in [3.8, 4) is 17.3 Å². The number of hydrogen-bond acceptors (Lipinski definition) is 4. The highest BCUT2D eigenvalue weighted by molar-refractivity contribution is 5.62. The highest BCUT2D eigenvalue weighted by atomic mass is 15.3. The van der Waals surface area contributed by atoms with Crippen LogP contribution >= 0.6 is 0 Å². The van der Waals surface area contributed by atoms with Crippen molar-refractivity contribution in [2.45, 2.75) is 0 Å². The summed E-state index contributed by atoms with van der Waals surface area (Å²) in [5.41, 5.74) is 2.51. The molecule has 0 aliphatic carbocycles. The lowest BCUT2D eigenvalue weighted by atomic mass is 10.1. The summed E-state index contributed by atoms with van der Waals surface area (Å²) in [6, 6.07) is 11.3. The molecule has 2 aromatic heterocycles. The van der Waals surface area contributed by atoms with Crippen molar-refractivity contribution in [2.75, 3.05) is 0 Å². The van der Waals surface area contributed by atoms with E-state index in [4.69, 9.17) is 5.26 Å². The van der Waals surface area contributed by atoms with Gasteiger partial charge in [0.25, 0.3) is 5.78 Å². The molecule has 3 rings (SSSR count). The van der Waals surface area contributed by atoms with Crippen LogP contribution in [0.15, 0.2) is 42.9 Å². The van der Waals surface area contributed by atoms with E-state index in [0.717, 1.165) is 11.3 Å². The summed E-state index contributed by atoms with van der Waals surface area (Å²) in [6.07, 6.45) is 3.16. The molecule has 1 aromatic carbocycles. The summed E-state index contributed by atoms with van der Waals surface area (Å²) in [4.78, 5) is 8.13. The first-order valence-electron chi connectivity index (χ1n) is 5.04. The van der Waals surface area contributed by atoms with Crippen LogP contribution in [-0.2, 0) is 0 Å². The van der Waals surface area contributed by atoms with Crippen LogP contribution in [0.3, 0.4) is 0 Å². The molecule has 80 valence electrons. The Bertz CT molecular complexity index is 706. The van der Waals surface area contributed by atoms with E-state index in [1.54, 1.807) is 22.8 Å². The predicted molar refractivity (Wildman–Crippen MR) is 60.9 cm³/mol. The summed E-state index contributed by atoms with van der Waals surface area (Å²) < 4.78 is 1.67. The molecule has 0 aliphatic heterocycles. The molecule has 0 saturated carbocycles. The molecule has 0 radical (unpaired) electrons. The van der Waals surface area contributed by atoms with E-state index in [9.17, 15) is 0 Å². The van der Waals surface area contributed by atoms with Crippen molar-refractivity contribution in [1.82, 2.24) is 19.6 Å². The summed E-state index contributed by atoms with van der Waals surface area (Å²) in [6.45, 7) is 0. The summed E-state index contributed by atoms with van der Waals surface area (Å²) in [5.74, 6) is 0.562. The van der Waals surface area contributed by atoms with Crippen molar-refractivity contribution >= 4 is 5.78 Å². The lowest BCUT2D eigenvalue weighted by Gasteiger charge is -2.03. The molecule has 3 aromatic rings. The lowest BCUT2D eigenvalue weighted by molar-refractivity contribution is 0.947. The first-order valence-corrected chi connectivity index (χ1v) is 5.04. The molecule has 0 N–H and O–H groups in total. The Labute approximate surface area is 97.0 Å². The fourth-order valence-electron chi connectivity index (χ4n) is 1.67. The molecular weight excluding hydrogens is 214 g/mol. The number of aromatic nitrogens is 4. The van der Waals surface area contributed by atoms with Crippen molar-refractivity contribution in [3.05, 3.63) is 48.4 Å². The maximum absolute atomic E-state index is 8.75. The fourth-order valence-corrected chi connectivity index (χ4v) is 1.67. The van der Waals surface area contributed by atoms with Gasteiger partial charge in [0.1, 0.15) is 6.33 Å². The third kappa shape index (κ3) is 1.52. The van der Waals surface area contributed by atoms with E-state index < -0.39 is 0 Å². The maximum atomic E-state index is 8.75. The molecule has 5 heteroatoms. The van der Waals surface area contributed by atoms with Gasteiger partial charge in [-0.25, -0.2) is 4.98 Å². The number of benzene rings is 1. The fraction of sp³-hybridized carbons (Fsp3) is 0. The molecule has 0 atom stereocenters. The average Bonchev–Trinajstić information content (AvgIpc) is 2.87. The standard InChI is InChI=1S/C12H7N5/c13-7-9-1-3-10(4-2-9)11-5-6-14-12-15-8-16-17(11)12/h1-6,8H. The topological polar surface area (TPSA) is 66.9 Å². The first kappa shape index (κ1) is 9.48. The van der Waals surface area contributed by atoms with Gasteiger partial charge < -0.3 is 0 Å². The third-order valence-corrected chi connectivity index (χ3v) is 2.49. The molecule has 0 unspecified atom stereocenters. The zero-order valence-electron chi connectivity index (χ0n) is 8.78. The summed E-state index contributed by atoms with van der Waals surface area (Å²) in [5, 5.41) is 12.9. The van der Waals surface area contributed by atoms with Crippen molar-refractivity contribution < 1.29 is 0 Å². The van der Waals surface area contributed by atoms with E-state index in [1.165, 1.54) is 6.33 Å². The van der Waals surface area contributed by atoms with E-state index in [0.29, 0.717) is 11.3 Å². The number of nitriles is 1. The molecule has 0 aliphatic rings. The molecule has 5 nitrogen and oxygen atoms in total. The van der Waals surface area contributed by atoms with Crippen molar-refractivity contribution in [3.63, 3.8) is 0 Å². The molecular formula is C12H7N5. The average molecular weight is 221 g/mol. The largest absolute Gasteiger partial charge is 0.252 e. The quantitative estimate of drug-likeness (QED) is 0.626. The third-order valence-electron chi connectivity index (χ3n) is 2.49. The minimum Gasteiger partial charge on any atom is -0.220 e.